The summed E-state index contributed by atoms with van der Waals surface area (Å²) < 4.78 is 7.04. The SMILES string of the molecule is CCc1ccc(-n2cnc(CNc3nc(N4CCOC4=O)c4cc[nH]c4n3)c2)cc1. The van der Waals surface area contributed by atoms with Crippen molar-refractivity contribution in [3.63, 3.8) is 0 Å². The number of nitrogens with one attached hydrogen (secondary N) is 2. The zero-order chi connectivity index (χ0) is 20.5. The van der Waals surface area contributed by atoms with E-state index >= 15 is 0 Å². The normalized spacial score (nSPS) is 13.8. The van der Waals surface area contributed by atoms with Crippen molar-refractivity contribution in [3.8, 4) is 5.69 Å². The number of hydrogen-bond acceptors (Lipinski definition) is 6. The Bertz CT molecular complexity index is 1200. The fourth-order valence-electron chi connectivity index (χ4n) is 3.47. The Kier molecular flexibility index (Phi) is 4.55. The molecule has 4 aromatic rings. The van der Waals surface area contributed by atoms with Crippen LogP contribution in [0.1, 0.15) is 18.2 Å². The summed E-state index contributed by atoms with van der Waals surface area (Å²) in [6.07, 6.45) is 6.16. The molecule has 4 heterocycles. The molecular weight excluding hydrogens is 382 g/mol. The molecule has 3 aromatic heterocycles. The van der Waals surface area contributed by atoms with E-state index in [4.69, 9.17) is 4.74 Å². The van der Waals surface area contributed by atoms with E-state index < -0.39 is 6.09 Å². The van der Waals surface area contributed by atoms with Crippen LogP contribution in [-0.2, 0) is 17.7 Å². The average molecular weight is 403 g/mol. The standard InChI is InChI=1S/C21H21N7O2/c1-2-14-3-5-16(6-4-14)27-12-15(24-13-27)11-23-20-25-18-17(7-8-22-18)19(26-20)28-9-10-30-21(28)29/h3-8,12-13H,2,9-11H2,1H3,(H2,22,23,25,26). The number of carbonyl (C=O) groups excluding carboxylic acids is 1. The number of ether oxygens (including phenoxy) is 1. The molecule has 1 saturated heterocycles. The lowest BCUT2D eigenvalue weighted by atomic mass is 10.1. The second kappa shape index (κ2) is 7.51. The van der Waals surface area contributed by atoms with Crippen molar-refractivity contribution in [2.45, 2.75) is 19.9 Å². The number of rotatable bonds is 6. The summed E-state index contributed by atoms with van der Waals surface area (Å²) in [6, 6.07) is 10.3. The van der Waals surface area contributed by atoms with Crippen LogP contribution in [0.4, 0.5) is 16.6 Å². The van der Waals surface area contributed by atoms with Crippen LogP contribution in [0.3, 0.4) is 0 Å². The van der Waals surface area contributed by atoms with Crippen LogP contribution in [-0.4, -0.2) is 43.7 Å². The number of aromatic amines is 1. The molecule has 0 atom stereocenters. The maximum atomic E-state index is 12.0. The van der Waals surface area contributed by atoms with Crippen molar-refractivity contribution < 1.29 is 9.53 Å². The monoisotopic (exact) mass is 403 g/mol. The van der Waals surface area contributed by atoms with E-state index in [2.05, 4.69) is 56.4 Å². The lowest BCUT2D eigenvalue weighted by Crippen LogP contribution is -2.25. The molecule has 1 aliphatic rings. The van der Waals surface area contributed by atoms with Gasteiger partial charge in [0.15, 0.2) is 5.82 Å². The van der Waals surface area contributed by atoms with Crippen LogP contribution < -0.4 is 10.2 Å². The highest BCUT2D eigenvalue weighted by Gasteiger charge is 2.27. The molecule has 0 saturated carbocycles. The summed E-state index contributed by atoms with van der Waals surface area (Å²) in [4.78, 5) is 30.1. The van der Waals surface area contributed by atoms with Gasteiger partial charge >= 0.3 is 6.09 Å². The lowest BCUT2D eigenvalue weighted by Gasteiger charge is -2.14. The van der Waals surface area contributed by atoms with E-state index in [1.165, 1.54) is 10.5 Å². The zero-order valence-corrected chi connectivity index (χ0v) is 16.5. The van der Waals surface area contributed by atoms with Crippen LogP contribution in [0.5, 0.6) is 0 Å². The van der Waals surface area contributed by atoms with Crippen LogP contribution in [0.25, 0.3) is 16.7 Å². The second-order valence-electron chi connectivity index (χ2n) is 7.02. The van der Waals surface area contributed by atoms with E-state index in [-0.39, 0.29) is 0 Å². The highest BCUT2D eigenvalue weighted by atomic mass is 16.6. The van der Waals surface area contributed by atoms with Crippen molar-refractivity contribution in [1.29, 1.82) is 0 Å². The first-order chi connectivity index (χ1) is 14.7. The number of fused-ring (bicyclic) bond motifs is 1. The van der Waals surface area contributed by atoms with Crippen LogP contribution in [0, 0.1) is 0 Å². The van der Waals surface area contributed by atoms with Crippen molar-refractivity contribution in [1.82, 2.24) is 24.5 Å². The summed E-state index contributed by atoms with van der Waals surface area (Å²) in [5.41, 5.74) is 3.87. The van der Waals surface area contributed by atoms with Crippen LogP contribution >= 0.6 is 0 Å². The molecule has 9 heteroatoms. The molecule has 0 spiro atoms. The highest BCUT2D eigenvalue weighted by Crippen LogP contribution is 2.27. The predicted octanol–water partition coefficient (Wildman–Crippen LogP) is 3.27. The number of anilines is 2. The number of hydrogen-bond donors (Lipinski definition) is 2. The topological polar surface area (TPSA) is 101 Å². The molecule has 0 unspecified atom stereocenters. The van der Waals surface area contributed by atoms with E-state index in [9.17, 15) is 4.79 Å². The third-order valence-corrected chi connectivity index (χ3v) is 5.12. The molecule has 2 N–H and O–H groups in total. The Morgan fingerprint density at radius 2 is 2.07 bits per heavy atom. The van der Waals surface area contributed by atoms with Crippen LogP contribution in [0.15, 0.2) is 49.1 Å². The number of H-pyrrole nitrogens is 1. The molecule has 1 fully saturated rings. The number of aromatic nitrogens is 5. The zero-order valence-electron chi connectivity index (χ0n) is 16.5. The maximum Gasteiger partial charge on any atom is 0.415 e. The largest absolute Gasteiger partial charge is 0.447 e. The summed E-state index contributed by atoms with van der Waals surface area (Å²) >= 11 is 0. The van der Waals surface area contributed by atoms with Gasteiger partial charge in [-0.1, -0.05) is 19.1 Å². The molecule has 5 rings (SSSR count). The summed E-state index contributed by atoms with van der Waals surface area (Å²) in [7, 11) is 0. The third-order valence-electron chi connectivity index (χ3n) is 5.12. The number of amides is 1. The molecule has 1 amide bonds. The van der Waals surface area contributed by atoms with Gasteiger partial charge in [0.05, 0.1) is 30.5 Å². The van der Waals surface area contributed by atoms with Gasteiger partial charge in [-0.15, -0.1) is 0 Å². The summed E-state index contributed by atoms with van der Waals surface area (Å²) in [5, 5.41) is 3.98. The minimum absolute atomic E-state index is 0.355. The van der Waals surface area contributed by atoms with E-state index in [1.807, 2.05) is 16.8 Å². The molecule has 152 valence electrons. The number of aryl methyl sites for hydroxylation is 1. The molecular formula is C21H21N7O2. The Morgan fingerprint density at radius 1 is 1.20 bits per heavy atom. The van der Waals surface area contributed by atoms with Gasteiger partial charge < -0.3 is 19.6 Å². The first-order valence-electron chi connectivity index (χ1n) is 9.87. The van der Waals surface area contributed by atoms with Gasteiger partial charge in [-0.25, -0.2) is 9.78 Å². The summed E-state index contributed by atoms with van der Waals surface area (Å²) in [6.45, 7) is 3.42. The third kappa shape index (κ3) is 3.34. The molecule has 9 nitrogen and oxygen atoms in total. The molecule has 30 heavy (non-hydrogen) atoms. The second-order valence-corrected chi connectivity index (χ2v) is 7.02. The first-order valence-corrected chi connectivity index (χ1v) is 9.87. The van der Waals surface area contributed by atoms with Crippen molar-refractivity contribution in [2.75, 3.05) is 23.4 Å². The van der Waals surface area contributed by atoms with Gasteiger partial charge in [0.2, 0.25) is 5.95 Å². The number of imidazole rings is 1. The Labute approximate surface area is 172 Å². The van der Waals surface area contributed by atoms with Gasteiger partial charge in [-0.05, 0) is 30.2 Å². The number of nitrogens with zero attached hydrogens (tertiary/aromatic N) is 5. The maximum absolute atomic E-state index is 12.0. The lowest BCUT2D eigenvalue weighted by molar-refractivity contribution is 0.181. The number of cyclic esters (lactones) is 1. The molecule has 1 aromatic carbocycles. The molecule has 0 radical (unpaired) electrons. The van der Waals surface area contributed by atoms with Crippen molar-refractivity contribution in [2.24, 2.45) is 0 Å². The van der Waals surface area contributed by atoms with Gasteiger partial charge in [0.1, 0.15) is 12.3 Å². The van der Waals surface area contributed by atoms with E-state index in [1.54, 1.807) is 12.5 Å². The first kappa shape index (κ1) is 18.2. The van der Waals surface area contributed by atoms with Crippen LogP contribution in [0.2, 0.25) is 0 Å². The minimum Gasteiger partial charge on any atom is -0.447 e. The molecule has 1 aliphatic heterocycles. The molecule has 0 bridgehead atoms. The average Bonchev–Trinajstić information content (AvgIpc) is 3.52. The van der Waals surface area contributed by atoms with Gasteiger partial charge in [-0.2, -0.15) is 9.97 Å². The fraction of sp³-hybridized carbons (Fsp3) is 0.238. The smallest absolute Gasteiger partial charge is 0.415 e. The number of carbonyl (C=O) groups is 1. The molecule has 0 aliphatic carbocycles. The van der Waals surface area contributed by atoms with Crippen molar-refractivity contribution in [3.05, 3.63) is 60.3 Å². The predicted molar refractivity (Wildman–Crippen MR) is 113 cm³/mol. The fourth-order valence-corrected chi connectivity index (χ4v) is 3.47. The Morgan fingerprint density at radius 3 is 2.83 bits per heavy atom. The Balaban J connectivity index is 1.35. The van der Waals surface area contributed by atoms with Gasteiger partial charge in [0.25, 0.3) is 0 Å². The van der Waals surface area contributed by atoms with Gasteiger partial charge in [-0.3, -0.25) is 4.90 Å². The van der Waals surface area contributed by atoms with E-state index in [0.717, 1.165) is 23.2 Å². The highest BCUT2D eigenvalue weighted by molar-refractivity contribution is 5.98. The quantitative estimate of drug-likeness (QED) is 0.512. The number of benzene rings is 1. The van der Waals surface area contributed by atoms with Gasteiger partial charge in [0, 0.05) is 18.1 Å². The summed E-state index contributed by atoms with van der Waals surface area (Å²) in [5.74, 6) is 0.953. The Hall–Kier alpha value is -3.88. The van der Waals surface area contributed by atoms with Crippen molar-refractivity contribution >= 4 is 28.9 Å². The van der Waals surface area contributed by atoms with E-state index in [0.29, 0.717) is 37.1 Å². The minimum atomic E-state index is -0.394.